The Balaban J connectivity index is 1.83. The van der Waals surface area contributed by atoms with E-state index in [1.807, 2.05) is 26.0 Å². The van der Waals surface area contributed by atoms with Gasteiger partial charge in [-0.25, -0.2) is 0 Å². The van der Waals surface area contributed by atoms with E-state index in [0.29, 0.717) is 39.2 Å². The molecule has 0 bridgehead atoms. The summed E-state index contributed by atoms with van der Waals surface area (Å²) in [6.45, 7) is 7.69. The number of amides is 2. The molecular formula is C20H30N2O4. The number of aliphatic hydroxyl groups is 1. The van der Waals surface area contributed by atoms with Gasteiger partial charge in [-0.1, -0.05) is 12.1 Å². The molecule has 26 heavy (non-hydrogen) atoms. The third kappa shape index (κ3) is 5.73. The van der Waals surface area contributed by atoms with Gasteiger partial charge in [0.05, 0.1) is 12.7 Å². The van der Waals surface area contributed by atoms with Gasteiger partial charge >= 0.3 is 0 Å². The molecule has 1 N–H and O–H groups in total. The predicted molar refractivity (Wildman–Crippen MR) is 100 cm³/mol. The second-order valence-corrected chi connectivity index (χ2v) is 6.85. The van der Waals surface area contributed by atoms with Crippen molar-refractivity contribution < 1.29 is 19.4 Å². The fourth-order valence-corrected chi connectivity index (χ4v) is 3.29. The molecule has 144 valence electrons. The summed E-state index contributed by atoms with van der Waals surface area (Å²) in [5, 5.41) is 10.0. The zero-order valence-electron chi connectivity index (χ0n) is 16.0. The maximum absolute atomic E-state index is 12.5. The smallest absolute Gasteiger partial charge is 0.222 e. The quantitative estimate of drug-likeness (QED) is 0.837. The van der Waals surface area contributed by atoms with E-state index in [2.05, 4.69) is 6.07 Å². The van der Waals surface area contributed by atoms with E-state index >= 15 is 0 Å². The highest BCUT2D eigenvalue weighted by atomic mass is 16.5. The van der Waals surface area contributed by atoms with Crippen LogP contribution in [0.3, 0.4) is 0 Å². The van der Waals surface area contributed by atoms with E-state index < -0.39 is 6.10 Å². The summed E-state index contributed by atoms with van der Waals surface area (Å²) < 4.78 is 5.55. The number of carbonyl (C=O) groups is 2. The molecule has 2 rings (SSSR count). The van der Waals surface area contributed by atoms with Gasteiger partial charge in [-0.05, 0) is 43.9 Å². The van der Waals surface area contributed by atoms with Gasteiger partial charge in [-0.15, -0.1) is 0 Å². The normalized spacial score (nSPS) is 17.8. The lowest BCUT2D eigenvalue weighted by molar-refractivity contribution is -0.132. The Morgan fingerprint density at radius 1 is 1.23 bits per heavy atom. The number of ether oxygens (including phenoxy) is 1. The molecule has 1 saturated heterocycles. The molecule has 0 aromatic heterocycles. The van der Waals surface area contributed by atoms with Crippen LogP contribution in [0.2, 0.25) is 0 Å². The summed E-state index contributed by atoms with van der Waals surface area (Å²) in [5.41, 5.74) is 2.30. The third-order valence-corrected chi connectivity index (χ3v) is 4.70. The van der Waals surface area contributed by atoms with Gasteiger partial charge in [-0.3, -0.25) is 9.59 Å². The van der Waals surface area contributed by atoms with Crippen molar-refractivity contribution in [2.45, 2.75) is 46.1 Å². The van der Waals surface area contributed by atoms with Crippen molar-refractivity contribution >= 4 is 11.8 Å². The lowest BCUT2D eigenvalue weighted by Crippen LogP contribution is -2.37. The topological polar surface area (TPSA) is 70.1 Å². The molecule has 0 aliphatic carbocycles. The minimum atomic E-state index is -0.681. The van der Waals surface area contributed by atoms with Crippen LogP contribution in [0.25, 0.3) is 0 Å². The molecule has 0 unspecified atom stereocenters. The summed E-state index contributed by atoms with van der Waals surface area (Å²) >= 11 is 0. The average Bonchev–Trinajstić information content (AvgIpc) is 2.79. The van der Waals surface area contributed by atoms with E-state index in [1.165, 1.54) is 12.5 Å². The van der Waals surface area contributed by atoms with Crippen molar-refractivity contribution in [1.82, 2.24) is 9.80 Å². The number of β-amino-alcohol motifs (C(OH)–C–C–N with tert-alkyl or cyclic N) is 1. The van der Waals surface area contributed by atoms with Crippen molar-refractivity contribution in [2.24, 2.45) is 0 Å². The van der Waals surface area contributed by atoms with Gasteiger partial charge in [-0.2, -0.15) is 0 Å². The summed E-state index contributed by atoms with van der Waals surface area (Å²) in [4.78, 5) is 27.2. The molecule has 6 heteroatoms. The first kappa shape index (κ1) is 20.2. The number of hydrogen-bond acceptors (Lipinski definition) is 4. The molecule has 1 aromatic carbocycles. The largest absolute Gasteiger partial charge is 0.494 e. The molecule has 0 spiro atoms. The highest BCUT2D eigenvalue weighted by Gasteiger charge is 2.25. The zero-order valence-corrected chi connectivity index (χ0v) is 16.0. The first-order chi connectivity index (χ1) is 12.4. The maximum atomic E-state index is 12.5. The number of aryl methyl sites for hydroxylation is 2. The Hall–Kier alpha value is -2.08. The molecule has 1 aliphatic rings. The van der Waals surface area contributed by atoms with Crippen LogP contribution in [0.15, 0.2) is 18.2 Å². The standard InChI is InChI=1S/C20H30N2O4/c1-4-26-19-9-8-17(12-15(19)2)6-5-7-20(25)22-11-10-21(16(3)23)13-18(24)14-22/h8-9,12,18,24H,4-7,10-11,13-14H2,1-3H3/t18-/m1/s1. The Morgan fingerprint density at radius 3 is 2.58 bits per heavy atom. The summed E-state index contributed by atoms with van der Waals surface area (Å²) in [6.07, 6.45) is 1.35. The van der Waals surface area contributed by atoms with E-state index in [0.717, 1.165) is 24.2 Å². The van der Waals surface area contributed by atoms with Gasteiger partial charge in [0, 0.05) is 39.5 Å². The minimum Gasteiger partial charge on any atom is -0.494 e. The molecule has 1 aliphatic heterocycles. The van der Waals surface area contributed by atoms with E-state index in [4.69, 9.17) is 4.74 Å². The number of carbonyl (C=O) groups excluding carboxylic acids is 2. The number of benzene rings is 1. The molecule has 1 atom stereocenters. The van der Waals surface area contributed by atoms with Crippen molar-refractivity contribution in [2.75, 3.05) is 32.8 Å². The lowest BCUT2D eigenvalue weighted by Gasteiger charge is -2.21. The monoisotopic (exact) mass is 362 g/mol. The minimum absolute atomic E-state index is 0.0390. The van der Waals surface area contributed by atoms with E-state index in [9.17, 15) is 14.7 Å². The van der Waals surface area contributed by atoms with Crippen LogP contribution < -0.4 is 4.74 Å². The molecule has 1 aromatic rings. The zero-order chi connectivity index (χ0) is 19.1. The third-order valence-electron chi connectivity index (χ3n) is 4.70. The molecule has 0 radical (unpaired) electrons. The van der Waals surface area contributed by atoms with Crippen molar-refractivity contribution in [3.8, 4) is 5.75 Å². The Bertz CT molecular complexity index is 632. The Morgan fingerprint density at radius 2 is 1.92 bits per heavy atom. The number of rotatable bonds is 6. The van der Waals surface area contributed by atoms with Gasteiger partial charge in [0.25, 0.3) is 0 Å². The summed E-state index contributed by atoms with van der Waals surface area (Å²) in [6, 6.07) is 6.14. The second kappa shape index (κ2) is 9.57. The van der Waals surface area contributed by atoms with Crippen LogP contribution in [-0.2, 0) is 16.0 Å². The number of hydrogen-bond donors (Lipinski definition) is 1. The summed E-state index contributed by atoms with van der Waals surface area (Å²) in [5.74, 6) is 0.877. The predicted octanol–water partition coefficient (Wildman–Crippen LogP) is 1.77. The van der Waals surface area contributed by atoms with Crippen LogP contribution in [0.4, 0.5) is 0 Å². The molecular weight excluding hydrogens is 332 g/mol. The Labute approximate surface area is 155 Å². The summed E-state index contributed by atoms with van der Waals surface area (Å²) in [7, 11) is 0. The first-order valence-electron chi connectivity index (χ1n) is 9.34. The average molecular weight is 362 g/mol. The van der Waals surface area contributed by atoms with Crippen LogP contribution >= 0.6 is 0 Å². The number of nitrogens with zero attached hydrogens (tertiary/aromatic N) is 2. The van der Waals surface area contributed by atoms with Crippen LogP contribution in [0, 0.1) is 6.92 Å². The van der Waals surface area contributed by atoms with Crippen LogP contribution in [0.5, 0.6) is 5.75 Å². The molecule has 1 heterocycles. The van der Waals surface area contributed by atoms with Crippen molar-refractivity contribution in [3.05, 3.63) is 29.3 Å². The molecule has 0 saturated carbocycles. The first-order valence-corrected chi connectivity index (χ1v) is 9.34. The fraction of sp³-hybridized carbons (Fsp3) is 0.600. The van der Waals surface area contributed by atoms with Crippen LogP contribution in [-0.4, -0.2) is 65.6 Å². The lowest BCUT2D eigenvalue weighted by atomic mass is 10.0. The highest BCUT2D eigenvalue weighted by molar-refractivity contribution is 5.77. The molecule has 6 nitrogen and oxygen atoms in total. The number of aliphatic hydroxyl groups excluding tert-OH is 1. The Kier molecular flexibility index (Phi) is 7.45. The molecule has 1 fully saturated rings. The van der Waals surface area contributed by atoms with Crippen molar-refractivity contribution in [3.63, 3.8) is 0 Å². The van der Waals surface area contributed by atoms with Gasteiger partial charge in [0.15, 0.2) is 0 Å². The second-order valence-electron chi connectivity index (χ2n) is 6.85. The fourth-order valence-electron chi connectivity index (χ4n) is 3.29. The van der Waals surface area contributed by atoms with E-state index in [1.54, 1.807) is 9.80 Å². The molecule has 2 amide bonds. The van der Waals surface area contributed by atoms with Crippen LogP contribution in [0.1, 0.15) is 37.8 Å². The maximum Gasteiger partial charge on any atom is 0.222 e. The van der Waals surface area contributed by atoms with Gasteiger partial charge < -0.3 is 19.6 Å². The van der Waals surface area contributed by atoms with Gasteiger partial charge in [0.1, 0.15) is 5.75 Å². The van der Waals surface area contributed by atoms with Gasteiger partial charge in [0.2, 0.25) is 11.8 Å². The highest BCUT2D eigenvalue weighted by Crippen LogP contribution is 2.20. The van der Waals surface area contributed by atoms with Crippen molar-refractivity contribution in [1.29, 1.82) is 0 Å². The van der Waals surface area contributed by atoms with E-state index in [-0.39, 0.29) is 11.8 Å². The SMILES string of the molecule is CCOc1ccc(CCCC(=O)N2CCN(C(C)=O)C[C@@H](O)C2)cc1C.